The van der Waals surface area contributed by atoms with E-state index in [1.165, 1.54) is 25.3 Å². The van der Waals surface area contributed by atoms with Crippen LogP contribution in [0.15, 0.2) is 60.7 Å². The highest BCUT2D eigenvalue weighted by molar-refractivity contribution is 6.31. The molecule has 33 heavy (non-hydrogen) atoms. The van der Waals surface area contributed by atoms with Crippen molar-refractivity contribution in [1.82, 2.24) is 9.97 Å². The fourth-order valence-electron chi connectivity index (χ4n) is 4.03. The molecular weight excluding hydrogens is 451 g/mol. The molecule has 1 atom stereocenters. The van der Waals surface area contributed by atoms with Crippen molar-refractivity contribution in [2.45, 2.75) is 5.72 Å². The zero-order chi connectivity index (χ0) is 23.3. The second kappa shape index (κ2) is 7.58. The molecule has 2 amide bonds. The first-order valence-corrected chi connectivity index (χ1v) is 10.2. The van der Waals surface area contributed by atoms with Crippen LogP contribution in [0, 0.1) is 5.82 Å². The summed E-state index contributed by atoms with van der Waals surface area (Å²) in [6, 6.07) is 15.5. The molecule has 0 saturated heterocycles. The van der Waals surface area contributed by atoms with Crippen molar-refractivity contribution in [2.24, 2.45) is 0 Å². The zero-order valence-electron chi connectivity index (χ0n) is 17.1. The molecule has 5 rings (SSSR count). The number of aliphatic hydroxyl groups is 1. The van der Waals surface area contributed by atoms with Crippen LogP contribution >= 0.6 is 11.6 Å². The normalized spacial score (nSPS) is 17.3. The standard InChI is InChI=1S/C23H16ClFN4O4/c1-33-22(31)28-21-26-16-10-9-12(11-17(16)27-21)23(32)14-6-3-2-5-13(14)20(30)29(23)18-8-4-7-15(24)19(18)25/h2-11,32H,1H3,(H2,26,27,28,31). The number of hydrogen-bond donors (Lipinski definition) is 3. The number of H-pyrrole nitrogens is 1. The molecule has 0 fully saturated rings. The van der Waals surface area contributed by atoms with Gasteiger partial charge in [0.05, 0.1) is 28.9 Å². The van der Waals surface area contributed by atoms with Gasteiger partial charge in [-0.25, -0.2) is 14.2 Å². The first kappa shape index (κ1) is 20.9. The van der Waals surface area contributed by atoms with Crippen LogP contribution in [-0.4, -0.2) is 34.2 Å². The van der Waals surface area contributed by atoms with Gasteiger partial charge in [-0.15, -0.1) is 0 Å². The summed E-state index contributed by atoms with van der Waals surface area (Å²) in [4.78, 5) is 33.0. The molecule has 3 aromatic carbocycles. The maximum Gasteiger partial charge on any atom is 0.413 e. The van der Waals surface area contributed by atoms with Gasteiger partial charge in [-0.3, -0.25) is 15.0 Å². The Balaban J connectivity index is 1.70. The molecule has 166 valence electrons. The van der Waals surface area contributed by atoms with Gasteiger partial charge in [0.15, 0.2) is 11.5 Å². The number of amides is 2. The number of benzene rings is 3. The van der Waals surface area contributed by atoms with Gasteiger partial charge < -0.3 is 14.8 Å². The predicted octanol–water partition coefficient (Wildman–Crippen LogP) is 4.39. The first-order valence-electron chi connectivity index (χ1n) is 9.80. The third-order valence-electron chi connectivity index (χ3n) is 5.52. The fourth-order valence-corrected chi connectivity index (χ4v) is 4.20. The number of methoxy groups -OCH3 is 1. The number of fused-ring (bicyclic) bond motifs is 2. The smallest absolute Gasteiger partial charge is 0.413 e. The molecule has 1 aromatic heterocycles. The van der Waals surface area contributed by atoms with Gasteiger partial charge in [-0.05, 0) is 30.3 Å². The van der Waals surface area contributed by atoms with E-state index in [-0.39, 0.29) is 27.8 Å². The molecular formula is C23H16ClFN4O4. The summed E-state index contributed by atoms with van der Waals surface area (Å²) in [5.41, 5.74) is -0.431. The van der Waals surface area contributed by atoms with Gasteiger partial charge >= 0.3 is 6.09 Å². The molecule has 0 aliphatic carbocycles. The van der Waals surface area contributed by atoms with E-state index in [4.69, 9.17) is 11.6 Å². The van der Waals surface area contributed by atoms with Gasteiger partial charge in [0.1, 0.15) is 0 Å². The van der Waals surface area contributed by atoms with E-state index in [1.807, 2.05) is 0 Å². The third kappa shape index (κ3) is 3.12. The average molecular weight is 467 g/mol. The lowest BCUT2D eigenvalue weighted by atomic mass is 9.93. The van der Waals surface area contributed by atoms with Gasteiger partial charge in [0, 0.05) is 16.7 Å². The molecule has 0 saturated carbocycles. The number of aromatic amines is 1. The van der Waals surface area contributed by atoms with Gasteiger partial charge in [-0.2, -0.15) is 0 Å². The van der Waals surface area contributed by atoms with Crippen LogP contribution in [0.1, 0.15) is 21.5 Å². The van der Waals surface area contributed by atoms with Crippen LogP contribution in [-0.2, 0) is 10.5 Å². The molecule has 8 nitrogen and oxygen atoms in total. The minimum Gasteiger partial charge on any atom is -0.453 e. The van der Waals surface area contributed by atoms with Crippen molar-refractivity contribution >= 4 is 46.3 Å². The number of hydrogen-bond acceptors (Lipinski definition) is 5. The zero-order valence-corrected chi connectivity index (χ0v) is 17.9. The summed E-state index contributed by atoms with van der Waals surface area (Å²) >= 11 is 5.97. The minimum absolute atomic E-state index is 0.140. The summed E-state index contributed by atoms with van der Waals surface area (Å²) in [6.07, 6.45) is -0.703. The Labute approximate surface area is 191 Å². The lowest BCUT2D eigenvalue weighted by Crippen LogP contribution is -2.45. The summed E-state index contributed by atoms with van der Waals surface area (Å²) in [5.74, 6) is -1.26. The van der Waals surface area contributed by atoms with Crippen molar-refractivity contribution in [1.29, 1.82) is 0 Å². The summed E-state index contributed by atoms with van der Waals surface area (Å²) in [7, 11) is 1.23. The van der Waals surface area contributed by atoms with E-state index >= 15 is 4.39 Å². The Morgan fingerprint density at radius 1 is 1.21 bits per heavy atom. The van der Waals surface area contributed by atoms with E-state index in [1.54, 1.807) is 42.5 Å². The number of ether oxygens (including phenoxy) is 1. The number of halogens is 2. The van der Waals surface area contributed by atoms with Crippen molar-refractivity contribution in [3.63, 3.8) is 0 Å². The summed E-state index contributed by atoms with van der Waals surface area (Å²) < 4.78 is 19.6. The molecule has 0 spiro atoms. The number of carbonyl (C=O) groups is 2. The monoisotopic (exact) mass is 466 g/mol. The van der Waals surface area contributed by atoms with E-state index < -0.39 is 23.5 Å². The molecule has 3 N–H and O–H groups in total. The Hall–Kier alpha value is -3.95. The maximum atomic E-state index is 15.0. The second-order valence-electron chi connectivity index (χ2n) is 7.37. The Bertz CT molecular complexity index is 1440. The van der Waals surface area contributed by atoms with Crippen LogP contribution in [0.5, 0.6) is 0 Å². The molecule has 1 aliphatic rings. The lowest BCUT2D eigenvalue weighted by molar-refractivity contribution is 0.0699. The highest BCUT2D eigenvalue weighted by Gasteiger charge is 2.51. The topological polar surface area (TPSA) is 108 Å². The van der Waals surface area contributed by atoms with E-state index in [2.05, 4.69) is 20.0 Å². The summed E-state index contributed by atoms with van der Waals surface area (Å²) in [6.45, 7) is 0. The minimum atomic E-state index is -2.03. The van der Waals surface area contributed by atoms with Gasteiger partial charge in [0.2, 0.25) is 5.95 Å². The van der Waals surface area contributed by atoms with Crippen molar-refractivity contribution in [2.75, 3.05) is 17.3 Å². The highest BCUT2D eigenvalue weighted by atomic mass is 35.5. The van der Waals surface area contributed by atoms with E-state index in [9.17, 15) is 14.7 Å². The number of carbonyl (C=O) groups excluding carboxylic acids is 2. The largest absolute Gasteiger partial charge is 0.453 e. The van der Waals surface area contributed by atoms with Crippen LogP contribution in [0.4, 0.5) is 20.8 Å². The highest BCUT2D eigenvalue weighted by Crippen LogP contribution is 2.46. The molecule has 0 bridgehead atoms. The number of aromatic nitrogens is 2. The first-order chi connectivity index (χ1) is 15.8. The Kier molecular flexibility index (Phi) is 4.80. The predicted molar refractivity (Wildman–Crippen MR) is 120 cm³/mol. The number of imidazole rings is 1. The summed E-state index contributed by atoms with van der Waals surface area (Å²) in [5, 5.41) is 14.3. The second-order valence-corrected chi connectivity index (χ2v) is 7.77. The molecule has 1 aliphatic heterocycles. The molecule has 4 aromatic rings. The van der Waals surface area contributed by atoms with Crippen LogP contribution < -0.4 is 10.2 Å². The molecule has 2 heterocycles. The fraction of sp³-hybridized carbons (Fsp3) is 0.0870. The van der Waals surface area contributed by atoms with Crippen LogP contribution in [0.25, 0.3) is 11.0 Å². The van der Waals surface area contributed by atoms with Crippen molar-refractivity contribution < 1.29 is 23.8 Å². The SMILES string of the molecule is COC(=O)Nc1nc2ccc(C3(O)c4ccccc4C(=O)N3c3cccc(Cl)c3F)cc2[nH]1. The van der Waals surface area contributed by atoms with Gasteiger partial charge in [-0.1, -0.05) is 41.9 Å². The molecule has 10 heteroatoms. The molecule has 1 unspecified atom stereocenters. The van der Waals surface area contributed by atoms with E-state index in [0.717, 1.165) is 4.90 Å². The number of anilines is 2. The van der Waals surface area contributed by atoms with Crippen molar-refractivity contribution in [3.8, 4) is 0 Å². The maximum absolute atomic E-state index is 15.0. The quantitative estimate of drug-likeness (QED) is 0.415. The van der Waals surface area contributed by atoms with Gasteiger partial charge in [0.25, 0.3) is 5.91 Å². The number of nitrogens with one attached hydrogen (secondary N) is 2. The average Bonchev–Trinajstić information content (AvgIpc) is 3.32. The number of nitrogens with zero attached hydrogens (tertiary/aromatic N) is 2. The van der Waals surface area contributed by atoms with Crippen LogP contribution in [0.3, 0.4) is 0 Å². The van der Waals surface area contributed by atoms with E-state index in [0.29, 0.717) is 16.6 Å². The lowest BCUT2D eigenvalue weighted by Gasteiger charge is -2.35. The Morgan fingerprint density at radius 3 is 2.79 bits per heavy atom. The van der Waals surface area contributed by atoms with Crippen molar-refractivity contribution in [3.05, 3.63) is 88.2 Å². The van der Waals surface area contributed by atoms with Crippen LogP contribution in [0.2, 0.25) is 5.02 Å². The molecule has 0 radical (unpaired) electrons. The number of rotatable bonds is 3. The third-order valence-corrected chi connectivity index (χ3v) is 5.81. The Morgan fingerprint density at radius 2 is 2.00 bits per heavy atom.